The number of carbonyl (C=O) groups excluding carboxylic acids is 1. The molecule has 0 aliphatic rings. The fourth-order valence-electron chi connectivity index (χ4n) is 2.72. The van der Waals surface area contributed by atoms with Gasteiger partial charge >= 0.3 is 0 Å². The van der Waals surface area contributed by atoms with Gasteiger partial charge in [-0.15, -0.1) is 11.3 Å². The zero-order valence-corrected chi connectivity index (χ0v) is 17.5. The number of aryl methyl sites for hydroxylation is 1. The predicted molar refractivity (Wildman–Crippen MR) is 110 cm³/mol. The highest BCUT2D eigenvalue weighted by Gasteiger charge is 2.16. The average molecular weight is 434 g/mol. The lowest BCUT2D eigenvalue weighted by molar-refractivity contribution is 0.0954. The monoisotopic (exact) mass is 433 g/mol. The second-order valence-corrected chi connectivity index (χ2v) is 9.33. The molecule has 1 heterocycles. The van der Waals surface area contributed by atoms with Crippen LogP contribution >= 0.6 is 11.3 Å². The van der Waals surface area contributed by atoms with Crippen LogP contribution in [0.25, 0.3) is 0 Å². The molecule has 29 heavy (non-hydrogen) atoms. The molecule has 0 spiro atoms. The lowest BCUT2D eigenvalue weighted by Gasteiger charge is -2.07. The Morgan fingerprint density at radius 2 is 1.86 bits per heavy atom. The average Bonchev–Trinajstić information content (AvgIpc) is 3.08. The number of benzene rings is 2. The summed E-state index contributed by atoms with van der Waals surface area (Å²) in [5.74, 6) is -0.567. The molecule has 152 valence electrons. The van der Waals surface area contributed by atoms with Crippen molar-refractivity contribution in [2.75, 3.05) is 7.05 Å². The van der Waals surface area contributed by atoms with Crippen LogP contribution in [-0.4, -0.2) is 26.4 Å². The first-order valence-electron chi connectivity index (χ1n) is 8.80. The normalized spacial score (nSPS) is 11.4. The summed E-state index contributed by atoms with van der Waals surface area (Å²) in [5.41, 5.74) is 2.20. The van der Waals surface area contributed by atoms with Crippen LogP contribution in [0.15, 0.2) is 53.4 Å². The van der Waals surface area contributed by atoms with Crippen LogP contribution in [0.3, 0.4) is 0 Å². The Morgan fingerprint density at radius 3 is 2.55 bits per heavy atom. The standard InChI is InChI=1S/C20H20FN3O3S2/c1-13-19(28-18(24-13)11-14-6-8-16(21)9-7-14)20(25)23-12-15-4-3-5-17(10-15)29(26,27)22-2/h3-10,22H,11-12H2,1-2H3,(H,23,25). The van der Waals surface area contributed by atoms with Crippen LogP contribution in [-0.2, 0) is 23.0 Å². The molecular weight excluding hydrogens is 413 g/mol. The molecule has 0 radical (unpaired) electrons. The molecule has 1 aromatic heterocycles. The lowest BCUT2D eigenvalue weighted by atomic mass is 10.1. The number of thiazole rings is 1. The summed E-state index contributed by atoms with van der Waals surface area (Å²) in [6, 6.07) is 12.6. The molecule has 3 rings (SSSR count). The number of halogens is 1. The van der Waals surface area contributed by atoms with Crippen LogP contribution in [0.4, 0.5) is 4.39 Å². The first-order valence-corrected chi connectivity index (χ1v) is 11.1. The summed E-state index contributed by atoms with van der Waals surface area (Å²) in [6.07, 6.45) is 0.517. The van der Waals surface area contributed by atoms with E-state index in [2.05, 4.69) is 15.0 Å². The third kappa shape index (κ3) is 5.26. The van der Waals surface area contributed by atoms with E-state index in [-0.39, 0.29) is 23.2 Å². The van der Waals surface area contributed by atoms with Gasteiger partial charge in [0.25, 0.3) is 5.91 Å². The van der Waals surface area contributed by atoms with E-state index < -0.39 is 10.0 Å². The van der Waals surface area contributed by atoms with Gasteiger partial charge in [0, 0.05) is 13.0 Å². The van der Waals surface area contributed by atoms with Crippen molar-refractivity contribution in [2.45, 2.75) is 24.8 Å². The molecule has 2 aromatic carbocycles. The number of nitrogens with one attached hydrogen (secondary N) is 2. The molecule has 9 heteroatoms. The van der Waals surface area contributed by atoms with Gasteiger partial charge in [-0.25, -0.2) is 22.5 Å². The molecule has 0 fully saturated rings. The fourth-order valence-corrected chi connectivity index (χ4v) is 4.53. The molecule has 1 amide bonds. The van der Waals surface area contributed by atoms with E-state index in [9.17, 15) is 17.6 Å². The van der Waals surface area contributed by atoms with Gasteiger partial charge in [0.05, 0.1) is 15.6 Å². The highest BCUT2D eigenvalue weighted by Crippen LogP contribution is 2.21. The lowest BCUT2D eigenvalue weighted by Crippen LogP contribution is -2.23. The minimum atomic E-state index is -3.54. The van der Waals surface area contributed by atoms with E-state index in [0.29, 0.717) is 22.6 Å². The Labute approximate surface area is 172 Å². The highest BCUT2D eigenvalue weighted by molar-refractivity contribution is 7.89. The first kappa shape index (κ1) is 21.1. The molecule has 3 aromatic rings. The summed E-state index contributed by atoms with van der Waals surface area (Å²) in [7, 11) is -2.19. The van der Waals surface area contributed by atoms with E-state index in [1.165, 1.54) is 42.6 Å². The minimum Gasteiger partial charge on any atom is -0.347 e. The zero-order valence-electron chi connectivity index (χ0n) is 15.9. The number of sulfonamides is 1. The Hall–Kier alpha value is -2.62. The van der Waals surface area contributed by atoms with E-state index in [0.717, 1.165) is 10.6 Å². The molecule has 0 saturated carbocycles. The third-order valence-corrected chi connectivity index (χ3v) is 6.81. The van der Waals surface area contributed by atoms with E-state index >= 15 is 0 Å². The van der Waals surface area contributed by atoms with Crippen LogP contribution in [0.5, 0.6) is 0 Å². The largest absolute Gasteiger partial charge is 0.347 e. The van der Waals surface area contributed by atoms with Gasteiger partial charge in [0.15, 0.2) is 0 Å². The van der Waals surface area contributed by atoms with Crippen molar-refractivity contribution in [3.8, 4) is 0 Å². The molecule has 2 N–H and O–H groups in total. The summed E-state index contributed by atoms with van der Waals surface area (Å²) in [4.78, 5) is 17.6. The van der Waals surface area contributed by atoms with Gasteiger partial charge < -0.3 is 5.32 Å². The van der Waals surface area contributed by atoms with Crippen molar-refractivity contribution in [1.29, 1.82) is 0 Å². The van der Waals surface area contributed by atoms with Crippen molar-refractivity contribution >= 4 is 27.3 Å². The van der Waals surface area contributed by atoms with Gasteiger partial charge in [-0.3, -0.25) is 4.79 Å². The van der Waals surface area contributed by atoms with Gasteiger partial charge in [0.1, 0.15) is 10.7 Å². The molecule has 0 saturated heterocycles. The number of amides is 1. The van der Waals surface area contributed by atoms with E-state index in [4.69, 9.17) is 0 Å². The van der Waals surface area contributed by atoms with Crippen molar-refractivity contribution in [3.63, 3.8) is 0 Å². The van der Waals surface area contributed by atoms with Crippen molar-refractivity contribution in [1.82, 2.24) is 15.0 Å². The van der Waals surface area contributed by atoms with Crippen LogP contribution < -0.4 is 10.0 Å². The summed E-state index contributed by atoms with van der Waals surface area (Å²) >= 11 is 1.29. The van der Waals surface area contributed by atoms with E-state index in [1.807, 2.05) is 0 Å². The topological polar surface area (TPSA) is 88.2 Å². The number of nitrogens with zero attached hydrogens (tertiary/aromatic N) is 1. The summed E-state index contributed by atoms with van der Waals surface area (Å²) in [6.45, 7) is 1.95. The number of rotatable bonds is 7. The molecule has 0 unspecified atom stereocenters. The van der Waals surface area contributed by atoms with Crippen LogP contribution in [0, 0.1) is 12.7 Å². The van der Waals surface area contributed by atoms with Crippen LogP contribution in [0.1, 0.15) is 31.5 Å². The Morgan fingerprint density at radius 1 is 1.14 bits per heavy atom. The van der Waals surface area contributed by atoms with Crippen LogP contribution in [0.2, 0.25) is 0 Å². The fraction of sp³-hybridized carbons (Fsp3) is 0.200. The minimum absolute atomic E-state index is 0.141. The molecule has 0 aliphatic carbocycles. The molecule has 0 bridgehead atoms. The second-order valence-electron chi connectivity index (χ2n) is 6.36. The van der Waals surface area contributed by atoms with E-state index in [1.54, 1.807) is 31.2 Å². The molecule has 0 aliphatic heterocycles. The van der Waals surface area contributed by atoms with Crippen molar-refractivity contribution in [2.24, 2.45) is 0 Å². The molecule has 0 atom stereocenters. The third-order valence-electron chi connectivity index (χ3n) is 4.25. The number of hydrogen-bond acceptors (Lipinski definition) is 5. The van der Waals surface area contributed by atoms with Gasteiger partial charge in [-0.1, -0.05) is 24.3 Å². The zero-order chi connectivity index (χ0) is 21.0. The quantitative estimate of drug-likeness (QED) is 0.600. The predicted octanol–water partition coefficient (Wildman–Crippen LogP) is 3.02. The maximum atomic E-state index is 13.0. The molecule has 6 nitrogen and oxygen atoms in total. The first-order chi connectivity index (χ1) is 13.8. The summed E-state index contributed by atoms with van der Waals surface area (Å²) < 4.78 is 39.1. The van der Waals surface area contributed by atoms with Crippen molar-refractivity contribution < 1.29 is 17.6 Å². The van der Waals surface area contributed by atoms with Gasteiger partial charge in [-0.05, 0) is 49.4 Å². The van der Waals surface area contributed by atoms with Crippen molar-refractivity contribution in [3.05, 3.63) is 81.1 Å². The Kier molecular flexibility index (Phi) is 6.41. The summed E-state index contributed by atoms with van der Waals surface area (Å²) in [5, 5.41) is 3.57. The number of hydrogen-bond donors (Lipinski definition) is 2. The van der Waals surface area contributed by atoms with Gasteiger partial charge in [0.2, 0.25) is 10.0 Å². The number of aromatic nitrogens is 1. The maximum Gasteiger partial charge on any atom is 0.263 e. The maximum absolute atomic E-state index is 13.0. The molecular formula is C20H20FN3O3S2. The number of carbonyl (C=O) groups is 1. The Bertz CT molecular complexity index is 1130. The second kappa shape index (κ2) is 8.81. The SMILES string of the molecule is CNS(=O)(=O)c1cccc(CNC(=O)c2sc(Cc3ccc(F)cc3)nc2C)c1. The Balaban J connectivity index is 1.68. The van der Waals surface area contributed by atoms with Gasteiger partial charge in [-0.2, -0.15) is 0 Å². The highest BCUT2D eigenvalue weighted by atomic mass is 32.2. The smallest absolute Gasteiger partial charge is 0.263 e.